The van der Waals surface area contributed by atoms with E-state index in [1.54, 1.807) is 55.4 Å². The number of hydrogen-bond donors (Lipinski definition) is 3. The number of aliphatic hydroxyl groups is 3. The van der Waals surface area contributed by atoms with E-state index in [1.165, 1.54) is 0 Å². The van der Waals surface area contributed by atoms with Gasteiger partial charge in [-0.05, 0) is 24.2 Å². The van der Waals surface area contributed by atoms with Crippen LogP contribution in [-0.4, -0.2) is 120 Å². The van der Waals surface area contributed by atoms with Crippen LogP contribution in [0.25, 0.3) is 0 Å². The van der Waals surface area contributed by atoms with Crippen LogP contribution in [0.4, 0.5) is 0 Å². The molecule has 0 saturated carbocycles. The molecule has 2 heterocycles. The number of aliphatic hydroxyl groups excluding tert-OH is 3. The van der Waals surface area contributed by atoms with Crippen molar-refractivity contribution in [3.05, 3.63) is 0 Å². The van der Waals surface area contributed by atoms with Crippen LogP contribution in [0.15, 0.2) is 0 Å². The summed E-state index contributed by atoms with van der Waals surface area (Å²) in [6, 6.07) is 0. The van der Waals surface area contributed by atoms with Gasteiger partial charge in [-0.3, -0.25) is 24.0 Å². The van der Waals surface area contributed by atoms with Gasteiger partial charge < -0.3 is 53.2 Å². The van der Waals surface area contributed by atoms with E-state index in [2.05, 4.69) is 0 Å². The molecular formula is C36H60O16. The summed E-state index contributed by atoms with van der Waals surface area (Å²) in [7, 11) is 0. The maximum absolute atomic E-state index is 13.4. The Morgan fingerprint density at radius 1 is 0.692 bits per heavy atom. The summed E-state index contributed by atoms with van der Waals surface area (Å²) < 4.78 is 47.1. The summed E-state index contributed by atoms with van der Waals surface area (Å²) in [5.74, 6) is -7.71. The van der Waals surface area contributed by atoms with Gasteiger partial charge in [0.1, 0.15) is 37.6 Å². The molecule has 0 bridgehead atoms. The van der Waals surface area contributed by atoms with E-state index in [1.807, 2.05) is 13.8 Å². The molecule has 2 aliphatic rings. The molecule has 10 atom stereocenters. The van der Waals surface area contributed by atoms with Crippen molar-refractivity contribution in [2.45, 2.75) is 150 Å². The summed E-state index contributed by atoms with van der Waals surface area (Å²) in [5.41, 5.74) is 0. The fraction of sp³-hybridized carbons (Fsp3) is 0.861. The molecule has 16 heteroatoms. The first-order valence-corrected chi connectivity index (χ1v) is 18.1. The molecule has 2 rings (SSSR count). The Balaban J connectivity index is 2.79. The van der Waals surface area contributed by atoms with Crippen LogP contribution in [0.1, 0.15) is 94.9 Å². The molecule has 3 N–H and O–H groups in total. The van der Waals surface area contributed by atoms with E-state index in [9.17, 15) is 39.3 Å². The third kappa shape index (κ3) is 12.9. The Kier molecular flexibility index (Phi) is 17.9. The van der Waals surface area contributed by atoms with Crippen molar-refractivity contribution >= 4 is 29.8 Å². The van der Waals surface area contributed by atoms with Crippen molar-refractivity contribution in [1.29, 1.82) is 0 Å². The molecule has 0 aromatic heterocycles. The number of rotatable bonds is 19. The quantitative estimate of drug-likeness (QED) is 0.127. The summed E-state index contributed by atoms with van der Waals surface area (Å²) in [4.78, 5) is 65.2. The Labute approximate surface area is 306 Å². The molecule has 2 saturated heterocycles. The topological polar surface area (TPSA) is 220 Å². The highest BCUT2D eigenvalue weighted by Crippen LogP contribution is 2.41. The predicted molar refractivity (Wildman–Crippen MR) is 181 cm³/mol. The lowest BCUT2D eigenvalue weighted by Crippen LogP contribution is -2.64. The van der Waals surface area contributed by atoms with Crippen molar-refractivity contribution in [2.75, 3.05) is 19.8 Å². The molecule has 0 aromatic carbocycles. The number of esters is 5. The predicted octanol–water partition coefficient (Wildman–Crippen LogP) is 2.20. The first-order chi connectivity index (χ1) is 24.2. The van der Waals surface area contributed by atoms with Gasteiger partial charge in [0, 0.05) is 19.3 Å². The molecule has 2 fully saturated rings. The van der Waals surface area contributed by atoms with Crippen molar-refractivity contribution in [1.82, 2.24) is 0 Å². The molecule has 0 aromatic rings. The Morgan fingerprint density at radius 2 is 1.25 bits per heavy atom. The van der Waals surface area contributed by atoms with Gasteiger partial charge in [0.15, 0.2) is 18.3 Å². The second-order valence-corrected chi connectivity index (χ2v) is 15.1. The molecule has 0 amide bonds. The van der Waals surface area contributed by atoms with E-state index in [0.29, 0.717) is 6.42 Å². The standard InChI is InChI=1S/C36H60O16/c1-11-22(10)34(44)50-30-24(16-45-25(38)12-18(2)3)51-36(17-46-33(43)21(8)9,32(30)49-27(40)14-20(6)7)52-35-31(48-26(39)13-19(4)5)29(42)28(41)23(15-37)47-35/h18-24,28-32,35,37,41-42H,11-17H2,1-10H3/t22-,23-,24-,28-,29+,30-,31-,32+,35+,36+/m1/s1. The Hall–Kier alpha value is -2.89. The van der Waals surface area contributed by atoms with Gasteiger partial charge in [0.2, 0.25) is 12.1 Å². The third-order valence-corrected chi connectivity index (χ3v) is 8.40. The molecule has 300 valence electrons. The van der Waals surface area contributed by atoms with Crippen LogP contribution in [0.2, 0.25) is 0 Å². The van der Waals surface area contributed by atoms with E-state index in [4.69, 9.17) is 37.9 Å². The minimum absolute atomic E-state index is 0.0482. The second-order valence-electron chi connectivity index (χ2n) is 15.1. The molecular weight excluding hydrogens is 688 g/mol. The first kappa shape index (κ1) is 45.3. The fourth-order valence-corrected chi connectivity index (χ4v) is 5.36. The fourth-order valence-electron chi connectivity index (χ4n) is 5.36. The molecule has 52 heavy (non-hydrogen) atoms. The van der Waals surface area contributed by atoms with Crippen LogP contribution >= 0.6 is 0 Å². The summed E-state index contributed by atoms with van der Waals surface area (Å²) in [5, 5.41) is 31.9. The highest BCUT2D eigenvalue weighted by molar-refractivity contribution is 5.73. The molecule has 16 nitrogen and oxygen atoms in total. The third-order valence-electron chi connectivity index (χ3n) is 8.40. The van der Waals surface area contributed by atoms with Crippen molar-refractivity contribution in [3.8, 4) is 0 Å². The second kappa shape index (κ2) is 20.5. The lowest BCUT2D eigenvalue weighted by atomic mass is 9.98. The smallest absolute Gasteiger partial charge is 0.309 e. The minimum atomic E-state index is -2.43. The Morgan fingerprint density at radius 3 is 1.77 bits per heavy atom. The van der Waals surface area contributed by atoms with Crippen LogP contribution < -0.4 is 0 Å². The summed E-state index contributed by atoms with van der Waals surface area (Å²) in [6.07, 6.45) is -13.1. The molecule has 2 aliphatic heterocycles. The zero-order valence-electron chi connectivity index (χ0n) is 32.1. The average Bonchev–Trinajstić information content (AvgIpc) is 3.31. The lowest BCUT2D eigenvalue weighted by Gasteiger charge is -2.45. The maximum Gasteiger partial charge on any atom is 0.309 e. The normalized spacial score (nSPS) is 29.6. The first-order valence-electron chi connectivity index (χ1n) is 18.1. The van der Waals surface area contributed by atoms with Crippen LogP contribution in [-0.2, 0) is 61.9 Å². The molecule has 0 unspecified atom stereocenters. The molecule has 0 radical (unpaired) electrons. The number of carbonyl (C=O) groups is 5. The lowest BCUT2D eigenvalue weighted by molar-refractivity contribution is -0.384. The van der Waals surface area contributed by atoms with Crippen LogP contribution in [0, 0.1) is 29.6 Å². The van der Waals surface area contributed by atoms with Crippen molar-refractivity contribution < 1.29 is 77.2 Å². The maximum atomic E-state index is 13.4. The highest BCUT2D eigenvalue weighted by Gasteiger charge is 2.64. The van der Waals surface area contributed by atoms with Crippen LogP contribution in [0.3, 0.4) is 0 Å². The number of carbonyl (C=O) groups excluding carboxylic acids is 5. The number of hydrogen-bond acceptors (Lipinski definition) is 16. The Bertz CT molecular complexity index is 1190. The average molecular weight is 749 g/mol. The van der Waals surface area contributed by atoms with Gasteiger partial charge in [-0.15, -0.1) is 0 Å². The minimum Gasteiger partial charge on any atom is -0.463 e. The van der Waals surface area contributed by atoms with Crippen LogP contribution in [0.5, 0.6) is 0 Å². The molecule has 0 aliphatic carbocycles. The number of ether oxygens (including phenoxy) is 8. The zero-order valence-corrected chi connectivity index (χ0v) is 32.1. The van der Waals surface area contributed by atoms with Gasteiger partial charge in [0.05, 0.1) is 18.4 Å². The van der Waals surface area contributed by atoms with Gasteiger partial charge in [0.25, 0.3) is 0 Å². The van der Waals surface area contributed by atoms with Gasteiger partial charge in [-0.2, -0.15) is 0 Å². The van der Waals surface area contributed by atoms with Crippen molar-refractivity contribution in [3.63, 3.8) is 0 Å². The summed E-state index contributed by atoms with van der Waals surface area (Å²) in [6.45, 7) is 15.0. The highest BCUT2D eigenvalue weighted by atomic mass is 16.8. The van der Waals surface area contributed by atoms with Gasteiger partial charge in [-0.1, -0.05) is 69.2 Å². The van der Waals surface area contributed by atoms with E-state index >= 15 is 0 Å². The monoisotopic (exact) mass is 748 g/mol. The van der Waals surface area contributed by atoms with Gasteiger partial charge >= 0.3 is 29.8 Å². The SMILES string of the molecule is CC[C@@H](C)C(=O)O[C@@H]1[C@@H](COC(=O)CC(C)C)O[C@@](COC(=O)C(C)C)(O[C@@H]2O[C@H](CO)[C@@H](O)[C@H](O)[C@H]2OC(=O)CC(C)C)[C@H]1OC(=O)CC(C)C. The van der Waals surface area contributed by atoms with Crippen molar-refractivity contribution in [2.24, 2.45) is 29.6 Å². The largest absolute Gasteiger partial charge is 0.463 e. The van der Waals surface area contributed by atoms with E-state index in [0.717, 1.165) is 0 Å². The van der Waals surface area contributed by atoms with E-state index < -0.39 is 116 Å². The van der Waals surface area contributed by atoms with E-state index in [-0.39, 0.29) is 37.0 Å². The molecule has 0 spiro atoms. The van der Waals surface area contributed by atoms with Gasteiger partial charge in [-0.25, -0.2) is 0 Å². The zero-order chi connectivity index (χ0) is 39.5. The summed E-state index contributed by atoms with van der Waals surface area (Å²) >= 11 is 0.